The van der Waals surface area contributed by atoms with Gasteiger partial charge in [-0.1, -0.05) is 41.1 Å². The molecule has 1 saturated carbocycles. The first-order chi connectivity index (χ1) is 14.8. The van der Waals surface area contributed by atoms with Gasteiger partial charge in [0, 0.05) is 17.2 Å². The number of hydrogen-bond acceptors (Lipinski definition) is 5. The minimum Gasteiger partial charge on any atom is -0.281 e. The Kier molecular flexibility index (Phi) is 5.04. The van der Waals surface area contributed by atoms with Crippen molar-refractivity contribution in [3.8, 4) is 23.1 Å². The van der Waals surface area contributed by atoms with Gasteiger partial charge < -0.3 is 0 Å². The van der Waals surface area contributed by atoms with E-state index >= 15 is 0 Å². The molecule has 156 valence electrons. The van der Waals surface area contributed by atoms with Crippen molar-refractivity contribution in [1.82, 2.24) is 14.6 Å². The number of hydrogen-bond donors (Lipinski definition) is 1. The molecule has 0 radical (unpaired) electrons. The Morgan fingerprint density at radius 2 is 1.90 bits per heavy atom. The maximum atomic E-state index is 11.3. The van der Waals surface area contributed by atoms with Gasteiger partial charge in [-0.2, -0.15) is 13.5 Å². The van der Waals surface area contributed by atoms with E-state index in [9.17, 15) is 8.42 Å². The van der Waals surface area contributed by atoms with Crippen molar-refractivity contribution in [3.05, 3.63) is 68.8 Å². The molecule has 1 aliphatic rings. The molecule has 0 aliphatic heterocycles. The van der Waals surface area contributed by atoms with E-state index in [-0.39, 0.29) is 4.21 Å². The second kappa shape index (κ2) is 7.62. The molecule has 0 saturated heterocycles. The van der Waals surface area contributed by atoms with Crippen LogP contribution in [0.25, 0.3) is 16.9 Å². The maximum absolute atomic E-state index is 11.3. The summed E-state index contributed by atoms with van der Waals surface area (Å²) in [6.45, 7) is 0. The molecule has 5 rings (SSSR count). The molecule has 1 aliphatic carbocycles. The molecule has 1 N–H and O–H groups in total. The quantitative estimate of drug-likeness (QED) is 0.312. The third-order valence-electron chi connectivity index (χ3n) is 4.87. The Morgan fingerprint density at radius 3 is 2.58 bits per heavy atom. The van der Waals surface area contributed by atoms with Crippen LogP contribution >= 0.6 is 34.5 Å². The van der Waals surface area contributed by atoms with Crippen molar-refractivity contribution < 1.29 is 13.0 Å². The van der Waals surface area contributed by atoms with Gasteiger partial charge in [0.05, 0.1) is 32.4 Å². The molecule has 0 unspecified atom stereocenters. The van der Waals surface area contributed by atoms with Crippen LogP contribution < -0.4 is 0 Å². The third-order valence-corrected chi connectivity index (χ3v) is 7.93. The number of nitrogens with zero attached hydrogens (tertiary/aromatic N) is 3. The van der Waals surface area contributed by atoms with Gasteiger partial charge in [0.25, 0.3) is 0 Å². The van der Waals surface area contributed by atoms with E-state index in [0.717, 1.165) is 41.1 Å². The lowest BCUT2D eigenvalue weighted by molar-refractivity contribution is 0.485. The fraction of sp³-hybridized carbons (Fsp3) is 0.143. The Labute approximate surface area is 192 Å². The lowest BCUT2D eigenvalue weighted by Gasteiger charge is -2.08. The molecule has 0 spiro atoms. The van der Waals surface area contributed by atoms with Crippen LogP contribution in [-0.2, 0) is 10.1 Å². The molecule has 3 heterocycles. The van der Waals surface area contributed by atoms with Gasteiger partial charge in [-0.05, 0) is 43.2 Å². The summed E-state index contributed by atoms with van der Waals surface area (Å²) in [6.07, 6.45) is 3.83. The highest BCUT2D eigenvalue weighted by molar-refractivity contribution is 7.88. The van der Waals surface area contributed by atoms with E-state index in [1.165, 1.54) is 6.07 Å². The van der Waals surface area contributed by atoms with Gasteiger partial charge in [-0.15, -0.1) is 11.3 Å². The van der Waals surface area contributed by atoms with Crippen LogP contribution in [0.15, 0.2) is 46.8 Å². The molecule has 6 nitrogen and oxygen atoms in total. The molecule has 1 aromatic carbocycles. The van der Waals surface area contributed by atoms with E-state index in [1.807, 2.05) is 12.1 Å². The number of benzene rings is 1. The molecule has 10 heteroatoms. The van der Waals surface area contributed by atoms with Crippen molar-refractivity contribution in [2.24, 2.45) is 0 Å². The lowest BCUT2D eigenvalue weighted by atomic mass is 10.1. The van der Waals surface area contributed by atoms with Crippen LogP contribution in [-0.4, -0.2) is 27.6 Å². The van der Waals surface area contributed by atoms with E-state index in [2.05, 4.69) is 16.9 Å². The van der Waals surface area contributed by atoms with E-state index in [4.69, 9.17) is 32.7 Å². The number of halogens is 2. The van der Waals surface area contributed by atoms with Crippen LogP contribution in [0.1, 0.15) is 34.9 Å². The van der Waals surface area contributed by atoms with E-state index < -0.39 is 10.1 Å². The van der Waals surface area contributed by atoms with Crippen LogP contribution in [0, 0.1) is 11.8 Å². The monoisotopic (exact) mass is 489 g/mol. The SMILES string of the molecule is O=S(=O)(O)c1ccc(C#Cc2cnn3c(C4CC4)cc(-c4ccc(Cl)c(Cl)c4)nc23)s1. The Hall–Kier alpha value is -2.41. The normalized spacial score (nSPS) is 13.9. The number of aromatic nitrogens is 3. The first-order valence-electron chi connectivity index (χ1n) is 9.23. The second-order valence-electron chi connectivity index (χ2n) is 7.11. The van der Waals surface area contributed by atoms with Crippen LogP contribution in [0.4, 0.5) is 0 Å². The van der Waals surface area contributed by atoms with Crippen molar-refractivity contribution in [1.29, 1.82) is 0 Å². The summed E-state index contributed by atoms with van der Waals surface area (Å²) >= 11 is 13.2. The Morgan fingerprint density at radius 1 is 1.10 bits per heavy atom. The van der Waals surface area contributed by atoms with Gasteiger partial charge in [0.15, 0.2) is 5.65 Å². The molecule has 1 fully saturated rings. The van der Waals surface area contributed by atoms with E-state index in [1.54, 1.807) is 28.9 Å². The standard InChI is InChI=1S/C21H13Cl2N3O3S2/c22-16-7-4-13(9-17(16)23)18-10-19(12-1-2-12)26-21(25-18)14(11-24-26)3-5-15-6-8-20(30-15)31(27,28)29/h4,6-12H,1-2H2,(H,27,28,29). The predicted octanol–water partition coefficient (Wildman–Crippen LogP) is 5.29. The molecule has 0 atom stereocenters. The summed E-state index contributed by atoms with van der Waals surface area (Å²) in [5.41, 5.74) is 3.88. The van der Waals surface area contributed by atoms with E-state index in [0.29, 0.717) is 32.1 Å². The maximum Gasteiger partial charge on any atom is 0.304 e. The highest BCUT2D eigenvalue weighted by Gasteiger charge is 2.28. The molecule has 31 heavy (non-hydrogen) atoms. The van der Waals surface area contributed by atoms with Crippen molar-refractivity contribution in [2.75, 3.05) is 0 Å². The third kappa shape index (κ3) is 4.07. The molecule has 4 aromatic rings. The van der Waals surface area contributed by atoms with Gasteiger partial charge in [-0.3, -0.25) is 4.55 Å². The largest absolute Gasteiger partial charge is 0.304 e. The summed E-state index contributed by atoms with van der Waals surface area (Å²) in [7, 11) is -4.24. The fourth-order valence-corrected chi connectivity index (χ4v) is 5.02. The number of thiophene rings is 1. The van der Waals surface area contributed by atoms with Crippen LogP contribution in [0.3, 0.4) is 0 Å². The van der Waals surface area contributed by atoms with Gasteiger partial charge in [0.1, 0.15) is 4.21 Å². The minimum absolute atomic E-state index is 0.146. The second-order valence-corrected chi connectivity index (χ2v) is 10.7. The summed E-state index contributed by atoms with van der Waals surface area (Å²) in [4.78, 5) is 5.28. The summed E-state index contributed by atoms with van der Waals surface area (Å²) in [5.74, 6) is 6.38. The van der Waals surface area contributed by atoms with Gasteiger partial charge in [-0.25, -0.2) is 9.50 Å². The first kappa shape index (κ1) is 20.5. The average Bonchev–Trinajstić information content (AvgIpc) is 3.30. The average molecular weight is 490 g/mol. The van der Waals surface area contributed by atoms with Crippen molar-refractivity contribution in [3.63, 3.8) is 0 Å². The molecule has 0 bridgehead atoms. The topological polar surface area (TPSA) is 84.6 Å². The molecule has 0 amide bonds. The zero-order chi connectivity index (χ0) is 21.8. The minimum atomic E-state index is -4.24. The van der Waals surface area contributed by atoms with Crippen LogP contribution in [0.2, 0.25) is 10.0 Å². The zero-order valence-electron chi connectivity index (χ0n) is 15.7. The predicted molar refractivity (Wildman–Crippen MR) is 121 cm³/mol. The molecule has 3 aromatic heterocycles. The highest BCUT2D eigenvalue weighted by atomic mass is 35.5. The number of fused-ring (bicyclic) bond motifs is 1. The smallest absolute Gasteiger partial charge is 0.281 e. The molecular formula is C21H13Cl2N3O3S2. The van der Waals surface area contributed by atoms with Gasteiger partial charge in [0.2, 0.25) is 0 Å². The van der Waals surface area contributed by atoms with Crippen LogP contribution in [0.5, 0.6) is 0 Å². The lowest BCUT2D eigenvalue weighted by Crippen LogP contribution is -2.01. The summed E-state index contributed by atoms with van der Waals surface area (Å²) < 4.78 is 33.3. The Bertz CT molecular complexity index is 1510. The Balaban J connectivity index is 1.61. The van der Waals surface area contributed by atoms with Gasteiger partial charge >= 0.3 is 10.1 Å². The summed E-state index contributed by atoms with van der Waals surface area (Å²) in [6, 6.07) is 10.3. The van der Waals surface area contributed by atoms with Crippen molar-refractivity contribution in [2.45, 2.75) is 23.0 Å². The van der Waals surface area contributed by atoms with Crippen molar-refractivity contribution >= 4 is 50.3 Å². The summed E-state index contributed by atoms with van der Waals surface area (Å²) in [5, 5.41) is 5.41. The molecular weight excluding hydrogens is 477 g/mol. The number of rotatable bonds is 3. The highest BCUT2D eigenvalue weighted by Crippen LogP contribution is 2.41. The zero-order valence-corrected chi connectivity index (χ0v) is 18.9. The fourth-order valence-electron chi connectivity index (χ4n) is 3.20. The first-order valence-corrected chi connectivity index (χ1v) is 12.2.